The normalized spacial score (nSPS) is 14.2. The third-order valence-electron chi connectivity index (χ3n) is 6.21. The van der Waals surface area contributed by atoms with E-state index in [0.717, 1.165) is 22.4 Å². The van der Waals surface area contributed by atoms with Crippen molar-refractivity contribution >= 4 is 27.3 Å². The summed E-state index contributed by atoms with van der Waals surface area (Å²) in [7, 11) is -3.96. The van der Waals surface area contributed by atoms with Crippen LogP contribution in [0.3, 0.4) is 0 Å². The maximum atomic E-state index is 13.7. The molecule has 0 saturated carbocycles. The van der Waals surface area contributed by atoms with E-state index in [1.165, 1.54) is 16.4 Å². The molecule has 3 aromatic carbocycles. The van der Waals surface area contributed by atoms with E-state index < -0.39 is 10.0 Å². The minimum atomic E-state index is -3.96. The number of rotatable bonds is 6. The number of sulfonamides is 1. The highest BCUT2D eigenvalue weighted by Gasteiger charge is 2.30. The number of anilines is 2. The van der Waals surface area contributed by atoms with E-state index in [1.807, 2.05) is 26.8 Å². The maximum absolute atomic E-state index is 13.7. The van der Waals surface area contributed by atoms with Gasteiger partial charge in [-0.2, -0.15) is 0 Å². The molecule has 8 heteroatoms. The minimum Gasteiger partial charge on any atom is -0.368 e. The van der Waals surface area contributed by atoms with Gasteiger partial charge in [-0.15, -0.1) is 0 Å². The first kappa shape index (κ1) is 24.7. The van der Waals surface area contributed by atoms with E-state index in [4.69, 9.17) is 0 Å². The molecule has 6 nitrogen and oxygen atoms in total. The van der Waals surface area contributed by atoms with Gasteiger partial charge in [0, 0.05) is 31.9 Å². The summed E-state index contributed by atoms with van der Waals surface area (Å²) in [5, 5.41) is 0. The molecule has 35 heavy (non-hydrogen) atoms. The Balaban J connectivity index is 1.56. The molecular weight excluding hydrogens is 465 g/mol. The Hall–Kier alpha value is -3.39. The van der Waals surface area contributed by atoms with Gasteiger partial charge in [-0.05, 0) is 80.4 Å². The average molecular weight is 496 g/mol. The standard InChI is InChI=1S/C27H30FN3O3S/c1-20-4-10-26(11-5-20)35(33,34)31(25-17-21(2)16-22(3)18-25)19-27(32)30-14-12-29(13-15-30)24-8-6-23(28)7-9-24/h4-11,16-18H,12-15,19H2,1-3H3. The molecule has 0 aromatic heterocycles. The minimum absolute atomic E-state index is 0.149. The SMILES string of the molecule is Cc1ccc(S(=O)(=O)N(CC(=O)N2CCN(c3ccc(F)cc3)CC2)c2cc(C)cc(C)c2)cc1. The fourth-order valence-corrected chi connectivity index (χ4v) is 5.73. The van der Waals surface area contributed by atoms with Crippen molar-refractivity contribution in [3.05, 3.63) is 89.2 Å². The molecule has 1 aliphatic heterocycles. The Morgan fingerprint density at radius 3 is 1.97 bits per heavy atom. The highest BCUT2D eigenvalue weighted by Crippen LogP contribution is 2.27. The van der Waals surface area contributed by atoms with Gasteiger partial charge in [0.25, 0.3) is 10.0 Å². The fraction of sp³-hybridized carbons (Fsp3) is 0.296. The number of carbonyl (C=O) groups excluding carboxylic acids is 1. The number of benzene rings is 3. The summed E-state index contributed by atoms with van der Waals surface area (Å²) in [6, 6.07) is 18.5. The van der Waals surface area contributed by atoms with Crippen LogP contribution in [0, 0.1) is 26.6 Å². The van der Waals surface area contributed by atoms with E-state index in [2.05, 4.69) is 4.90 Å². The number of hydrogen-bond donors (Lipinski definition) is 0. The second-order valence-electron chi connectivity index (χ2n) is 9.01. The van der Waals surface area contributed by atoms with Crippen molar-refractivity contribution < 1.29 is 17.6 Å². The molecule has 0 unspecified atom stereocenters. The summed E-state index contributed by atoms with van der Waals surface area (Å²) in [5.74, 6) is -0.539. The number of aryl methyl sites for hydroxylation is 3. The average Bonchev–Trinajstić information content (AvgIpc) is 2.82. The smallest absolute Gasteiger partial charge is 0.264 e. The van der Waals surface area contributed by atoms with Crippen molar-refractivity contribution in [3.63, 3.8) is 0 Å². The van der Waals surface area contributed by atoms with Crippen LogP contribution in [0.4, 0.5) is 15.8 Å². The number of carbonyl (C=O) groups is 1. The summed E-state index contributed by atoms with van der Waals surface area (Å²) in [5.41, 5.74) is 4.17. The monoisotopic (exact) mass is 495 g/mol. The van der Waals surface area contributed by atoms with E-state index in [-0.39, 0.29) is 23.2 Å². The van der Waals surface area contributed by atoms with Crippen LogP contribution in [-0.2, 0) is 14.8 Å². The lowest BCUT2D eigenvalue weighted by atomic mass is 10.1. The summed E-state index contributed by atoms with van der Waals surface area (Å²) < 4.78 is 41.8. The van der Waals surface area contributed by atoms with Gasteiger partial charge in [0.1, 0.15) is 12.4 Å². The molecule has 3 aromatic rings. The Morgan fingerprint density at radius 2 is 1.40 bits per heavy atom. The molecule has 1 saturated heterocycles. The lowest BCUT2D eigenvalue weighted by Crippen LogP contribution is -2.52. The van der Waals surface area contributed by atoms with Crippen LogP contribution in [0.5, 0.6) is 0 Å². The molecule has 1 fully saturated rings. The molecule has 0 radical (unpaired) electrons. The van der Waals surface area contributed by atoms with Gasteiger partial charge in [-0.25, -0.2) is 12.8 Å². The Bertz CT molecular complexity index is 1280. The van der Waals surface area contributed by atoms with E-state index in [9.17, 15) is 17.6 Å². The fourth-order valence-electron chi connectivity index (χ4n) is 4.34. The van der Waals surface area contributed by atoms with Crippen molar-refractivity contribution in [1.82, 2.24) is 4.90 Å². The Kier molecular flexibility index (Phi) is 7.12. The second-order valence-corrected chi connectivity index (χ2v) is 10.9. The topological polar surface area (TPSA) is 60.9 Å². The number of halogens is 1. The zero-order valence-electron chi connectivity index (χ0n) is 20.2. The summed E-state index contributed by atoms with van der Waals surface area (Å²) in [6.07, 6.45) is 0. The number of amides is 1. The molecule has 0 bridgehead atoms. The van der Waals surface area contributed by atoms with Gasteiger partial charge in [-0.1, -0.05) is 23.8 Å². The van der Waals surface area contributed by atoms with Gasteiger partial charge in [0.15, 0.2) is 0 Å². The molecule has 0 aliphatic carbocycles. The summed E-state index contributed by atoms with van der Waals surface area (Å²) in [6.45, 7) is 7.52. The van der Waals surface area contributed by atoms with Gasteiger partial charge in [0.05, 0.1) is 10.6 Å². The van der Waals surface area contributed by atoms with E-state index in [0.29, 0.717) is 31.9 Å². The molecule has 0 N–H and O–H groups in total. The predicted octanol–water partition coefficient (Wildman–Crippen LogP) is 4.30. The van der Waals surface area contributed by atoms with Crippen LogP contribution >= 0.6 is 0 Å². The number of piperazine rings is 1. The number of nitrogens with zero attached hydrogens (tertiary/aromatic N) is 3. The first-order valence-electron chi connectivity index (χ1n) is 11.6. The zero-order valence-corrected chi connectivity index (χ0v) is 21.1. The van der Waals surface area contributed by atoms with Crippen molar-refractivity contribution in [2.75, 3.05) is 41.9 Å². The lowest BCUT2D eigenvalue weighted by Gasteiger charge is -2.37. The molecule has 1 heterocycles. The quantitative estimate of drug-likeness (QED) is 0.512. The lowest BCUT2D eigenvalue weighted by molar-refractivity contribution is -0.129. The van der Waals surface area contributed by atoms with Crippen molar-refractivity contribution in [1.29, 1.82) is 0 Å². The first-order chi connectivity index (χ1) is 16.6. The van der Waals surface area contributed by atoms with Crippen molar-refractivity contribution in [2.45, 2.75) is 25.7 Å². The predicted molar refractivity (Wildman–Crippen MR) is 137 cm³/mol. The van der Waals surface area contributed by atoms with Crippen LogP contribution < -0.4 is 9.21 Å². The molecule has 1 aliphatic rings. The maximum Gasteiger partial charge on any atom is 0.264 e. The van der Waals surface area contributed by atoms with Crippen LogP contribution in [0.25, 0.3) is 0 Å². The molecular formula is C27H30FN3O3S. The van der Waals surface area contributed by atoms with Crippen LogP contribution in [0.15, 0.2) is 71.6 Å². The molecule has 184 valence electrons. The third-order valence-corrected chi connectivity index (χ3v) is 7.99. The van der Waals surface area contributed by atoms with Crippen molar-refractivity contribution in [2.24, 2.45) is 0 Å². The molecule has 0 spiro atoms. The van der Waals surface area contributed by atoms with Gasteiger partial charge < -0.3 is 9.80 Å². The highest BCUT2D eigenvalue weighted by molar-refractivity contribution is 7.92. The van der Waals surface area contributed by atoms with Crippen molar-refractivity contribution in [3.8, 4) is 0 Å². The largest absolute Gasteiger partial charge is 0.368 e. The summed E-state index contributed by atoms with van der Waals surface area (Å²) >= 11 is 0. The van der Waals surface area contributed by atoms with Gasteiger partial charge in [0.2, 0.25) is 5.91 Å². The second kappa shape index (κ2) is 10.1. The zero-order chi connectivity index (χ0) is 25.2. The number of hydrogen-bond acceptors (Lipinski definition) is 4. The van der Waals surface area contributed by atoms with Gasteiger partial charge >= 0.3 is 0 Å². The van der Waals surface area contributed by atoms with Gasteiger partial charge in [-0.3, -0.25) is 9.10 Å². The molecule has 4 rings (SSSR count). The van der Waals surface area contributed by atoms with Crippen LogP contribution in [-0.4, -0.2) is 51.9 Å². The highest BCUT2D eigenvalue weighted by atomic mass is 32.2. The molecule has 0 atom stereocenters. The van der Waals surface area contributed by atoms with E-state index >= 15 is 0 Å². The first-order valence-corrected chi connectivity index (χ1v) is 13.0. The molecule has 1 amide bonds. The van der Waals surface area contributed by atoms with E-state index in [1.54, 1.807) is 53.4 Å². The Labute approximate surface area is 206 Å². The summed E-state index contributed by atoms with van der Waals surface area (Å²) in [4.78, 5) is 17.3. The Morgan fingerprint density at radius 1 is 0.829 bits per heavy atom. The van der Waals surface area contributed by atoms with Crippen LogP contribution in [0.2, 0.25) is 0 Å². The third kappa shape index (κ3) is 5.65. The van der Waals surface area contributed by atoms with Crippen LogP contribution in [0.1, 0.15) is 16.7 Å².